The summed E-state index contributed by atoms with van der Waals surface area (Å²) in [6.45, 7) is 0. The van der Waals surface area contributed by atoms with E-state index in [2.05, 4.69) is 26.1 Å². The third-order valence-corrected chi connectivity index (χ3v) is 3.69. The molecule has 2 aromatic rings. The number of aromatic nitrogens is 3. The van der Waals surface area contributed by atoms with Crippen molar-refractivity contribution in [1.29, 1.82) is 0 Å². The van der Waals surface area contributed by atoms with Crippen LogP contribution in [0.2, 0.25) is 0 Å². The number of rotatable bonds is 4. The molecule has 0 aliphatic carbocycles. The highest BCUT2D eigenvalue weighted by Crippen LogP contribution is 2.21. The number of aliphatic carboxylic acids is 1. The fraction of sp³-hybridized carbons (Fsp3) is 0.100. The second-order valence-electron chi connectivity index (χ2n) is 3.43. The third kappa shape index (κ3) is 3.04. The Morgan fingerprint density at radius 2 is 2.32 bits per heavy atom. The molecule has 0 radical (unpaired) electrons. The van der Waals surface area contributed by atoms with Crippen LogP contribution in [0.15, 0.2) is 32.6 Å². The maximum Gasteiger partial charge on any atom is 0.348 e. The van der Waals surface area contributed by atoms with E-state index >= 15 is 0 Å². The second kappa shape index (κ2) is 5.57. The number of nitrogens with one attached hydrogen (secondary N) is 1. The highest BCUT2D eigenvalue weighted by molar-refractivity contribution is 9.10. The van der Waals surface area contributed by atoms with Crippen molar-refractivity contribution in [2.75, 3.05) is 5.75 Å². The van der Waals surface area contributed by atoms with Crippen molar-refractivity contribution in [3.63, 3.8) is 0 Å². The van der Waals surface area contributed by atoms with Gasteiger partial charge in [0.05, 0.1) is 15.9 Å². The Kier molecular flexibility index (Phi) is 4.05. The van der Waals surface area contributed by atoms with Crippen molar-refractivity contribution in [2.24, 2.45) is 0 Å². The summed E-state index contributed by atoms with van der Waals surface area (Å²) in [5.41, 5.74) is -0.290. The molecule has 19 heavy (non-hydrogen) atoms. The summed E-state index contributed by atoms with van der Waals surface area (Å²) in [5, 5.41) is 14.7. The smallest absolute Gasteiger partial charge is 0.348 e. The van der Waals surface area contributed by atoms with Crippen molar-refractivity contribution in [2.45, 2.75) is 5.16 Å². The largest absolute Gasteiger partial charge is 0.481 e. The minimum absolute atomic E-state index is 0.161. The number of hydrogen-bond donors (Lipinski definition) is 2. The number of carboxylic acid groups (broad SMARTS) is 1. The van der Waals surface area contributed by atoms with Gasteiger partial charge in [-0.2, -0.15) is 0 Å². The maximum absolute atomic E-state index is 13.5. The number of hydrogen-bond acceptors (Lipinski definition) is 4. The van der Waals surface area contributed by atoms with Gasteiger partial charge < -0.3 is 5.11 Å². The van der Waals surface area contributed by atoms with Crippen LogP contribution in [0.3, 0.4) is 0 Å². The zero-order valence-electron chi connectivity index (χ0n) is 9.26. The summed E-state index contributed by atoms with van der Waals surface area (Å²) in [7, 11) is 0. The summed E-state index contributed by atoms with van der Waals surface area (Å²) in [6, 6.07) is 4.14. The number of nitrogens with zero attached hydrogens (tertiary/aromatic N) is 2. The summed E-state index contributed by atoms with van der Waals surface area (Å²) in [5.74, 6) is -1.81. The van der Waals surface area contributed by atoms with E-state index in [1.165, 1.54) is 12.1 Å². The molecule has 0 amide bonds. The van der Waals surface area contributed by atoms with E-state index in [0.717, 1.165) is 22.4 Å². The molecule has 100 valence electrons. The molecule has 6 nitrogen and oxygen atoms in total. The molecule has 1 aromatic carbocycles. The Morgan fingerprint density at radius 3 is 2.95 bits per heavy atom. The van der Waals surface area contributed by atoms with Gasteiger partial charge >= 0.3 is 11.7 Å². The van der Waals surface area contributed by atoms with Gasteiger partial charge in [-0.05, 0) is 34.1 Å². The highest BCUT2D eigenvalue weighted by atomic mass is 79.9. The van der Waals surface area contributed by atoms with E-state index in [1.807, 2.05) is 0 Å². The van der Waals surface area contributed by atoms with Crippen molar-refractivity contribution < 1.29 is 14.3 Å². The molecule has 0 spiro atoms. The molecule has 0 saturated carbocycles. The molecule has 0 saturated heterocycles. The minimum atomic E-state index is -1.03. The van der Waals surface area contributed by atoms with Crippen LogP contribution in [-0.4, -0.2) is 31.6 Å². The van der Waals surface area contributed by atoms with Gasteiger partial charge in [0.25, 0.3) is 0 Å². The van der Waals surface area contributed by atoms with Gasteiger partial charge in [0.1, 0.15) is 5.82 Å². The molecule has 0 unspecified atom stereocenters. The van der Waals surface area contributed by atoms with E-state index in [0.29, 0.717) is 0 Å². The lowest BCUT2D eigenvalue weighted by Crippen LogP contribution is -2.16. The molecule has 9 heteroatoms. The lowest BCUT2D eigenvalue weighted by atomic mass is 10.3. The van der Waals surface area contributed by atoms with Crippen molar-refractivity contribution in [3.8, 4) is 5.69 Å². The Hall–Kier alpha value is -1.61. The Morgan fingerprint density at radius 1 is 1.58 bits per heavy atom. The Labute approximate surface area is 118 Å². The van der Waals surface area contributed by atoms with E-state index in [4.69, 9.17) is 5.11 Å². The van der Waals surface area contributed by atoms with Crippen LogP contribution in [0.25, 0.3) is 5.69 Å². The zero-order valence-corrected chi connectivity index (χ0v) is 11.7. The fourth-order valence-electron chi connectivity index (χ4n) is 1.36. The van der Waals surface area contributed by atoms with Crippen LogP contribution in [0, 0.1) is 5.82 Å². The average Bonchev–Trinajstić information content (AvgIpc) is 2.71. The molecule has 1 aromatic heterocycles. The van der Waals surface area contributed by atoms with Crippen LogP contribution < -0.4 is 5.69 Å². The first kappa shape index (κ1) is 13.8. The molecule has 0 aliphatic heterocycles. The van der Waals surface area contributed by atoms with Crippen LogP contribution in [-0.2, 0) is 4.79 Å². The predicted octanol–water partition coefficient (Wildman–Crippen LogP) is 1.64. The number of carboxylic acids is 1. The van der Waals surface area contributed by atoms with Gasteiger partial charge in [0, 0.05) is 0 Å². The molecular weight excluding hydrogens is 341 g/mol. The molecule has 0 bridgehead atoms. The SMILES string of the molecule is O=C(O)CSc1n[nH]c(=O)n1-c1ccc(Br)c(F)c1. The maximum atomic E-state index is 13.5. The van der Waals surface area contributed by atoms with Crippen LogP contribution >= 0.6 is 27.7 Å². The molecule has 0 fully saturated rings. The van der Waals surface area contributed by atoms with Crippen molar-refractivity contribution in [3.05, 3.63) is 39.0 Å². The quantitative estimate of drug-likeness (QED) is 0.821. The number of thioether (sulfide) groups is 1. The Bertz CT molecular complexity index is 685. The summed E-state index contributed by atoms with van der Waals surface area (Å²) in [4.78, 5) is 22.1. The predicted molar refractivity (Wildman–Crippen MR) is 70.2 cm³/mol. The first-order valence-corrected chi connectivity index (χ1v) is 6.74. The molecule has 0 atom stereocenters. The van der Waals surface area contributed by atoms with Crippen molar-refractivity contribution in [1.82, 2.24) is 14.8 Å². The van der Waals surface area contributed by atoms with Gasteiger partial charge in [-0.1, -0.05) is 11.8 Å². The van der Waals surface area contributed by atoms with Crippen LogP contribution in [0.4, 0.5) is 4.39 Å². The number of aromatic amines is 1. The summed E-state index contributed by atoms with van der Waals surface area (Å²) < 4.78 is 14.8. The Balaban J connectivity index is 2.43. The van der Waals surface area contributed by atoms with Gasteiger partial charge in [0.2, 0.25) is 0 Å². The van der Waals surface area contributed by atoms with Crippen LogP contribution in [0.5, 0.6) is 0 Å². The molecular formula is C10H7BrFN3O3S. The number of carbonyl (C=O) groups is 1. The lowest BCUT2D eigenvalue weighted by molar-refractivity contribution is -0.133. The number of halogens is 2. The molecule has 0 aliphatic rings. The van der Waals surface area contributed by atoms with Gasteiger partial charge in [-0.3, -0.25) is 4.79 Å². The van der Waals surface area contributed by atoms with Gasteiger partial charge in [0.15, 0.2) is 5.16 Å². The van der Waals surface area contributed by atoms with E-state index in [9.17, 15) is 14.0 Å². The molecule has 1 heterocycles. The molecule has 2 rings (SSSR count). The monoisotopic (exact) mass is 347 g/mol. The third-order valence-electron chi connectivity index (χ3n) is 2.13. The highest BCUT2D eigenvalue weighted by Gasteiger charge is 2.13. The summed E-state index contributed by atoms with van der Waals surface area (Å²) in [6.07, 6.45) is 0. The van der Waals surface area contributed by atoms with Crippen LogP contribution in [0.1, 0.15) is 0 Å². The van der Waals surface area contributed by atoms with Crippen molar-refractivity contribution >= 4 is 33.7 Å². The lowest BCUT2D eigenvalue weighted by Gasteiger charge is -2.05. The number of H-pyrrole nitrogens is 1. The minimum Gasteiger partial charge on any atom is -0.481 e. The average molecular weight is 348 g/mol. The fourth-order valence-corrected chi connectivity index (χ4v) is 2.28. The van der Waals surface area contributed by atoms with Gasteiger partial charge in [-0.15, -0.1) is 5.10 Å². The topological polar surface area (TPSA) is 88.0 Å². The zero-order chi connectivity index (χ0) is 14.0. The van der Waals surface area contributed by atoms with Gasteiger partial charge in [-0.25, -0.2) is 18.9 Å². The van der Waals surface area contributed by atoms with E-state index in [1.54, 1.807) is 0 Å². The molecule has 2 N–H and O–H groups in total. The van der Waals surface area contributed by atoms with E-state index in [-0.39, 0.29) is 21.1 Å². The summed E-state index contributed by atoms with van der Waals surface area (Å²) >= 11 is 3.88. The second-order valence-corrected chi connectivity index (χ2v) is 5.22. The standard InChI is InChI=1S/C10H7BrFN3O3S/c11-6-2-1-5(3-7(6)12)15-9(18)13-14-10(15)19-4-8(16)17/h1-3H,4H2,(H,13,18)(H,16,17). The first-order valence-electron chi connectivity index (χ1n) is 4.96. The first-order chi connectivity index (χ1) is 8.99. The van der Waals surface area contributed by atoms with E-state index < -0.39 is 17.5 Å². The normalized spacial score (nSPS) is 10.6. The number of benzene rings is 1.